The average molecular weight is 448 g/mol. The molecule has 1 fully saturated rings. The fourth-order valence-electron chi connectivity index (χ4n) is 3.40. The molecule has 150 valence electrons. The van der Waals surface area contributed by atoms with Crippen LogP contribution in [0.25, 0.3) is 0 Å². The van der Waals surface area contributed by atoms with Gasteiger partial charge in [0.05, 0.1) is 0 Å². The molecule has 0 bridgehead atoms. The Morgan fingerprint density at radius 3 is 2.37 bits per heavy atom. The zero-order valence-electron chi connectivity index (χ0n) is 15.7. The fourth-order valence-corrected chi connectivity index (χ4v) is 4.53. The molecule has 2 aromatic carbocycles. The largest absolute Gasteiger partial charge is 0.314 e. The molecule has 0 spiro atoms. The van der Waals surface area contributed by atoms with Crippen molar-refractivity contribution < 1.29 is 0 Å². The molecule has 2 nitrogen and oxygen atoms in total. The van der Waals surface area contributed by atoms with Crippen LogP contribution in [-0.2, 0) is 0 Å². The van der Waals surface area contributed by atoms with Crippen LogP contribution in [-0.4, -0.2) is 31.1 Å². The molecule has 1 aliphatic heterocycles. The van der Waals surface area contributed by atoms with Gasteiger partial charge in [-0.25, -0.2) is 0 Å². The molecule has 1 atom stereocenters. The van der Waals surface area contributed by atoms with E-state index in [9.17, 15) is 0 Å². The van der Waals surface area contributed by atoms with E-state index >= 15 is 0 Å². The molecule has 6 heteroatoms. The van der Waals surface area contributed by atoms with E-state index in [1.807, 2.05) is 23.9 Å². The van der Waals surface area contributed by atoms with E-state index in [0.717, 1.165) is 31.2 Å². The molecular formula is C21H29Cl3N2S. The first-order valence-corrected chi connectivity index (χ1v) is 10.4. The van der Waals surface area contributed by atoms with Gasteiger partial charge in [0.1, 0.15) is 0 Å². The molecule has 27 heavy (non-hydrogen) atoms. The van der Waals surface area contributed by atoms with Gasteiger partial charge >= 0.3 is 0 Å². The van der Waals surface area contributed by atoms with Crippen molar-refractivity contribution in [2.24, 2.45) is 0 Å². The normalized spacial score (nSPS) is 15.5. The Kier molecular flexibility index (Phi) is 11.8. The number of nitrogens with one attached hydrogen (secondary N) is 1. The molecular weight excluding hydrogens is 419 g/mol. The molecule has 0 radical (unpaired) electrons. The highest BCUT2D eigenvalue weighted by Crippen LogP contribution is 2.37. The van der Waals surface area contributed by atoms with Crippen LogP contribution >= 0.6 is 48.2 Å². The molecule has 1 aliphatic rings. The number of nitrogens with zero attached hydrogens (tertiary/aromatic N) is 1. The van der Waals surface area contributed by atoms with Crippen LogP contribution in [0.3, 0.4) is 0 Å². The number of unbranched alkanes of at least 4 members (excludes halogenated alkanes) is 1. The van der Waals surface area contributed by atoms with Crippen LogP contribution in [0.4, 0.5) is 0 Å². The quantitative estimate of drug-likeness (QED) is 0.523. The van der Waals surface area contributed by atoms with Crippen molar-refractivity contribution >= 4 is 48.2 Å². The summed E-state index contributed by atoms with van der Waals surface area (Å²) in [6.45, 7) is 6.73. The summed E-state index contributed by atoms with van der Waals surface area (Å²) >= 11 is 7.88. The van der Waals surface area contributed by atoms with Gasteiger partial charge in [-0.1, -0.05) is 61.3 Å². The zero-order chi connectivity index (χ0) is 17.5. The van der Waals surface area contributed by atoms with Crippen molar-refractivity contribution in [2.75, 3.05) is 26.2 Å². The van der Waals surface area contributed by atoms with Crippen LogP contribution in [0.5, 0.6) is 0 Å². The average Bonchev–Trinajstić information content (AvgIpc) is 2.66. The smallest absolute Gasteiger partial charge is 0.0406 e. The summed E-state index contributed by atoms with van der Waals surface area (Å²) in [5, 5.41) is 4.27. The van der Waals surface area contributed by atoms with Crippen molar-refractivity contribution in [1.82, 2.24) is 10.2 Å². The highest BCUT2D eigenvalue weighted by molar-refractivity contribution is 7.99. The lowest BCUT2D eigenvalue weighted by atomic mass is 9.98. The maximum Gasteiger partial charge on any atom is 0.0406 e. The number of halogens is 3. The third-order valence-electron chi connectivity index (χ3n) is 4.74. The maximum absolute atomic E-state index is 6.03. The molecule has 0 amide bonds. The van der Waals surface area contributed by atoms with E-state index in [1.54, 1.807) is 0 Å². The van der Waals surface area contributed by atoms with Gasteiger partial charge in [0.2, 0.25) is 0 Å². The van der Waals surface area contributed by atoms with Crippen LogP contribution in [0, 0.1) is 0 Å². The van der Waals surface area contributed by atoms with Gasteiger partial charge in [-0.05, 0) is 42.3 Å². The summed E-state index contributed by atoms with van der Waals surface area (Å²) in [6.07, 6.45) is 3.75. The van der Waals surface area contributed by atoms with Crippen LogP contribution in [0.1, 0.15) is 37.8 Å². The van der Waals surface area contributed by atoms with E-state index in [2.05, 4.69) is 53.5 Å². The predicted molar refractivity (Wildman–Crippen MR) is 123 cm³/mol. The van der Waals surface area contributed by atoms with Gasteiger partial charge in [0.25, 0.3) is 0 Å². The highest BCUT2D eigenvalue weighted by atomic mass is 35.5. The molecule has 1 saturated heterocycles. The van der Waals surface area contributed by atoms with Gasteiger partial charge in [0.15, 0.2) is 0 Å². The van der Waals surface area contributed by atoms with E-state index in [-0.39, 0.29) is 24.8 Å². The van der Waals surface area contributed by atoms with E-state index in [0.29, 0.717) is 6.04 Å². The molecule has 2 aromatic rings. The maximum atomic E-state index is 6.03. The lowest BCUT2D eigenvalue weighted by Crippen LogP contribution is -2.45. The topological polar surface area (TPSA) is 15.3 Å². The van der Waals surface area contributed by atoms with Crippen molar-refractivity contribution in [1.29, 1.82) is 0 Å². The Balaban J connectivity index is 0.00000182. The summed E-state index contributed by atoms with van der Waals surface area (Å²) in [4.78, 5) is 5.27. The summed E-state index contributed by atoms with van der Waals surface area (Å²) in [7, 11) is 0. The first-order chi connectivity index (χ1) is 12.3. The zero-order valence-corrected chi connectivity index (χ0v) is 18.9. The Hall–Kier alpha value is -0.420. The standard InChI is InChI=1S/C21H27ClN2S.2ClH/c1-2-3-7-20(24-15-13-23-14-16-24)19-6-4-5-8-21(19)25-18-11-9-17(22)10-12-18;;/h4-6,8-12,20,23H,2-3,7,13-16H2,1H3;2*1H/t20-;;/m1../s1. The minimum Gasteiger partial charge on any atom is -0.314 e. The Bertz CT molecular complexity index is 661. The minimum atomic E-state index is 0. The lowest BCUT2D eigenvalue weighted by Gasteiger charge is -2.36. The first-order valence-electron chi connectivity index (χ1n) is 9.25. The summed E-state index contributed by atoms with van der Waals surface area (Å²) in [6, 6.07) is 17.6. The Morgan fingerprint density at radius 1 is 1.04 bits per heavy atom. The molecule has 0 saturated carbocycles. The number of hydrogen-bond acceptors (Lipinski definition) is 3. The SMILES string of the molecule is CCCC[C@H](c1ccccc1Sc1ccc(Cl)cc1)N1CCNCC1.Cl.Cl. The van der Waals surface area contributed by atoms with Crippen LogP contribution in [0.15, 0.2) is 58.3 Å². The van der Waals surface area contributed by atoms with Crippen molar-refractivity contribution in [3.8, 4) is 0 Å². The second-order valence-electron chi connectivity index (χ2n) is 6.54. The monoisotopic (exact) mass is 446 g/mol. The summed E-state index contributed by atoms with van der Waals surface area (Å²) in [5.41, 5.74) is 1.47. The first kappa shape index (κ1) is 24.6. The molecule has 0 aliphatic carbocycles. The number of benzene rings is 2. The molecule has 0 unspecified atom stereocenters. The highest BCUT2D eigenvalue weighted by Gasteiger charge is 2.23. The number of rotatable bonds is 7. The van der Waals surface area contributed by atoms with Crippen LogP contribution in [0.2, 0.25) is 5.02 Å². The second-order valence-corrected chi connectivity index (χ2v) is 8.09. The molecule has 1 N–H and O–H groups in total. The molecule has 3 rings (SSSR count). The number of piperazine rings is 1. The fraction of sp³-hybridized carbons (Fsp3) is 0.429. The third-order valence-corrected chi connectivity index (χ3v) is 6.09. The van der Waals surface area contributed by atoms with E-state index in [1.165, 1.54) is 34.6 Å². The Morgan fingerprint density at radius 2 is 1.70 bits per heavy atom. The van der Waals surface area contributed by atoms with Gasteiger partial charge in [-0.2, -0.15) is 0 Å². The van der Waals surface area contributed by atoms with Crippen LogP contribution < -0.4 is 5.32 Å². The van der Waals surface area contributed by atoms with Crippen molar-refractivity contribution in [3.63, 3.8) is 0 Å². The van der Waals surface area contributed by atoms with Crippen molar-refractivity contribution in [2.45, 2.75) is 42.0 Å². The minimum absolute atomic E-state index is 0. The number of hydrogen-bond donors (Lipinski definition) is 1. The third kappa shape index (κ3) is 7.16. The second kappa shape index (κ2) is 12.9. The lowest BCUT2D eigenvalue weighted by molar-refractivity contribution is 0.161. The molecule has 1 heterocycles. The summed E-state index contributed by atoms with van der Waals surface area (Å²) in [5.74, 6) is 0. The van der Waals surface area contributed by atoms with Gasteiger partial charge in [-0.15, -0.1) is 24.8 Å². The van der Waals surface area contributed by atoms with Gasteiger partial charge in [0, 0.05) is 47.0 Å². The van der Waals surface area contributed by atoms with Crippen molar-refractivity contribution in [3.05, 3.63) is 59.1 Å². The van der Waals surface area contributed by atoms with Gasteiger partial charge < -0.3 is 5.32 Å². The van der Waals surface area contributed by atoms with E-state index < -0.39 is 0 Å². The predicted octanol–water partition coefficient (Wildman–Crippen LogP) is 6.47. The summed E-state index contributed by atoms with van der Waals surface area (Å²) < 4.78 is 0. The Labute approximate surface area is 185 Å². The van der Waals surface area contributed by atoms with Gasteiger partial charge in [-0.3, -0.25) is 4.90 Å². The molecule has 0 aromatic heterocycles. The van der Waals surface area contributed by atoms with E-state index in [4.69, 9.17) is 11.6 Å².